The second kappa shape index (κ2) is 7.84. The van der Waals surface area contributed by atoms with Crippen molar-refractivity contribution in [3.8, 4) is 6.01 Å². The molecule has 0 saturated carbocycles. The van der Waals surface area contributed by atoms with Crippen molar-refractivity contribution in [2.45, 2.75) is 46.6 Å². The standard InChI is InChI=1S/C13H26N6O/c1-6-7-20-13-16-11(18-14)15-12(17-13)19(5)10(4)8-9(2)3/h9-10H,6-8,14H2,1-5H3,(H,15,16,17,18). The first-order valence-corrected chi connectivity index (χ1v) is 7.06. The van der Waals surface area contributed by atoms with E-state index in [1.165, 1.54) is 0 Å². The summed E-state index contributed by atoms with van der Waals surface area (Å²) in [6.07, 6.45) is 1.95. The molecule has 1 rings (SSSR count). The van der Waals surface area contributed by atoms with Crippen LogP contribution < -0.4 is 20.9 Å². The van der Waals surface area contributed by atoms with Gasteiger partial charge in [0.05, 0.1) is 6.61 Å². The molecule has 7 nitrogen and oxygen atoms in total. The summed E-state index contributed by atoms with van der Waals surface area (Å²) in [4.78, 5) is 14.7. The molecule has 0 amide bonds. The molecule has 7 heteroatoms. The smallest absolute Gasteiger partial charge is 0.323 e. The molecule has 1 aromatic heterocycles. The van der Waals surface area contributed by atoms with Gasteiger partial charge in [-0.2, -0.15) is 15.0 Å². The number of nitrogens with two attached hydrogens (primary N) is 1. The number of hydrazine groups is 1. The number of rotatable bonds is 8. The number of hydrogen-bond acceptors (Lipinski definition) is 7. The summed E-state index contributed by atoms with van der Waals surface area (Å²) in [5, 5.41) is 0. The van der Waals surface area contributed by atoms with E-state index in [0.717, 1.165) is 12.8 Å². The molecule has 0 spiro atoms. The van der Waals surface area contributed by atoms with Crippen LogP contribution in [0.3, 0.4) is 0 Å². The Labute approximate surface area is 120 Å². The number of nitrogens with one attached hydrogen (secondary N) is 1. The maximum absolute atomic E-state index is 5.46. The third-order valence-electron chi connectivity index (χ3n) is 2.96. The van der Waals surface area contributed by atoms with E-state index in [9.17, 15) is 0 Å². The van der Waals surface area contributed by atoms with Crippen molar-refractivity contribution in [3.05, 3.63) is 0 Å². The summed E-state index contributed by atoms with van der Waals surface area (Å²) in [7, 11) is 1.96. The van der Waals surface area contributed by atoms with Crippen molar-refractivity contribution in [2.24, 2.45) is 11.8 Å². The van der Waals surface area contributed by atoms with E-state index in [4.69, 9.17) is 10.6 Å². The summed E-state index contributed by atoms with van der Waals surface area (Å²) in [6.45, 7) is 9.13. The van der Waals surface area contributed by atoms with Crippen molar-refractivity contribution in [1.82, 2.24) is 15.0 Å². The number of aromatic nitrogens is 3. The van der Waals surface area contributed by atoms with Gasteiger partial charge in [0.1, 0.15) is 0 Å². The van der Waals surface area contributed by atoms with E-state index >= 15 is 0 Å². The minimum absolute atomic E-state index is 0.299. The molecule has 0 saturated heterocycles. The molecule has 0 radical (unpaired) electrons. The van der Waals surface area contributed by atoms with Crippen LogP contribution >= 0.6 is 0 Å². The molecule has 0 fully saturated rings. The average molecular weight is 282 g/mol. The van der Waals surface area contributed by atoms with Crippen molar-refractivity contribution < 1.29 is 4.74 Å². The zero-order valence-corrected chi connectivity index (χ0v) is 13.1. The monoisotopic (exact) mass is 282 g/mol. The Morgan fingerprint density at radius 3 is 2.50 bits per heavy atom. The molecule has 1 heterocycles. The van der Waals surface area contributed by atoms with Crippen molar-refractivity contribution in [2.75, 3.05) is 24.0 Å². The van der Waals surface area contributed by atoms with E-state index < -0.39 is 0 Å². The number of anilines is 2. The zero-order valence-electron chi connectivity index (χ0n) is 13.1. The summed E-state index contributed by atoms with van der Waals surface area (Å²) < 4.78 is 5.46. The van der Waals surface area contributed by atoms with E-state index in [2.05, 4.69) is 41.1 Å². The molecule has 0 aliphatic heterocycles. The Kier molecular flexibility index (Phi) is 6.44. The van der Waals surface area contributed by atoms with Gasteiger partial charge in [-0.3, -0.25) is 5.43 Å². The molecule has 0 aliphatic rings. The van der Waals surface area contributed by atoms with Crippen molar-refractivity contribution >= 4 is 11.9 Å². The molecule has 3 N–H and O–H groups in total. The van der Waals surface area contributed by atoms with Gasteiger partial charge in [0.2, 0.25) is 11.9 Å². The lowest BCUT2D eigenvalue weighted by Crippen LogP contribution is -2.32. The number of nitrogen functional groups attached to an aromatic ring is 1. The SMILES string of the molecule is CCCOc1nc(NN)nc(N(C)C(C)CC(C)C)n1. The number of nitrogens with zero attached hydrogens (tertiary/aromatic N) is 4. The highest BCUT2D eigenvalue weighted by molar-refractivity contribution is 5.37. The van der Waals surface area contributed by atoms with Gasteiger partial charge in [0.25, 0.3) is 0 Å². The molecule has 1 unspecified atom stereocenters. The van der Waals surface area contributed by atoms with E-state index in [1.54, 1.807) is 0 Å². The molecule has 1 aromatic rings. The minimum atomic E-state index is 0.299. The number of hydrogen-bond donors (Lipinski definition) is 2. The van der Waals surface area contributed by atoms with Gasteiger partial charge in [0, 0.05) is 13.1 Å². The fraction of sp³-hybridized carbons (Fsp3) is 0.769. The zero-order chi connectivity index (χ0) is 15.1. The van der Waals surface area contributed by atoms with Crippen LogP contribution in [0.1, 0.15) is 40.5 Å². The summed E-state index contributed by atoms with van der Waals surface area (Å²) in [5.74, 6) is 6.88. The lowest BCUT2D eigenvalue weighted by Gasteiger charge is -2.26. The van der Waals surface area contributed by atoms with Crippen molar-refractivity contribution in [3.63, 3.8) is 0 Å². The third-order valence-corrected chi connectivity index (χ3v) is 2.96. The van der Waals surface area contributed by atoms with Crippen LogP contribution in [0.25, 0.3) is 0 Å². The Morgan fingerprint density at radius 1 is 1.25 bits per heavy atom. The minimum Gasteiger partial charge on any atom is -0.463 e. The van der Waals surface area contributed by atoms with Crippen LogP contribution in [-0.2, 0) is 0 Å². The maximum Gasteiger partial charge on any atom is 0.323 e. The highest BCUT2D eigenvalue weighted by Crippen LogP contribution is 2.18. The van der Waals surface area contributed by atoms with Crippen LogP contribution in [0.2, 0.25) is 0 Å². The lowest BCUT2D eigenvalue weighted by atomic mass is 10.0. The van der Waals surface area contributed by atoms with Crippen LogP contribution in [0, 0.1) is 5.92 Å². The summed E-state index contributed by atoms with van der Waals surface area (Å²) >= 11 is 0. The normalized spacial score (nSPS) is 12.3. The molecule has 0 aromatic carbocycles. The lowest BCUT2D eigenvalue weighted by molar-refractivity contribution is 0.291. The summed E-state index contributed by atoms with van der Waals surface area (Å²) in [6, 6.07) is 0.621. The predicted octanol–water partition coefficient (Wildman–Crippen LogP) is 1.82. The third kappa shape index (κ3) is 4.80. The summed E-state index contributed by atoms with van der Waals surface area (Å²) in [5.41, 5.74) is 2.45. The van der Waals surface area contributed by atoms with E-state index in [-0.39, 0.29) is 0 Å². The molecule has 114 valence electrons. The first-order chi connectivity index (χ1) is 9.47. The maximum atomic E-state index is 5.46. The van der Waals surface area contributed by atoms with Gasteiger partial charge in [-0.05, 0) is 25.7 Å². The molecule has 1 atom stereocenters. The largest absolute Gasteiger partial charge is 0.463 e. The average Bonchev–Trinajstić information content (AvgIpc) is 2.43. The van der Waals surface area contributed by atoms with Gasteiger partial charge < -0.3 is 9.64 Å². The Balaban J connectivity index is 2.91. The van der Waals surface area contributed by atoms with Crippen LogP contribution in [0.4, 0.5) is 11.9 Å². The highest BCUT2D eigenvalue weighted by atomic mass is 16.5. The predicted molar refractivity (Wildman–Crippen MR) is 80.7 cm³/mol. The van der Waals surface area contributed by atoms with Gasteiger partial charge in [0.15, 0.2) is 0 Å². The quantitative estimate of drug-likeness (QED) is 0.555. The Bertz CT molecular complexity index is 412. The second-order valence-electron chi connectivity index (χ2n) is 5.32. The van der Waals surface area contributed by atoms with Gasteiger partial charge >= 0.3 is 6.01 Å². The second-order valence-corrected chi connectivity index (χ2v) is 5.32. The van der Waals surface area contributed by atoms with Gasteiger partial charge in [-0.1, -0.05) is 20.8 Å². The van der Waals surface area contributed by atoms with Gasteiger partial charge in [-0.15, -0.1) is 0 Å². The topological polar surface area (TPSA) is 89.2 Å². The van der Waals surface area contributed by atoms with E-state index in [1.807, 2.05) is 18.9 Å². The fourth-order valence-corrected chi connectivity index (χ4v) is 1.86. The molecular weight excluding hydrogens is 256 g/mol. The Hall–Kier alpha value is -1.63. The van der Waals surface area contributed by atoms with Gasteiger partial charge in [-0.25, -0.2) is 5.84 Å². The van der Waals surface area contributed by atoms with Crippen LogP contribution in [0.15, 0.2) is 0 Å². The molecule has 0 aliphatic carbocycles. The van der Waals surface area contributed by atoms with Crippen LogP contribution in [-0.4, -0.2) is 34.6 Å². The molecular formula is C13H26N6O. The number of ether oxygens (including phenoxy) is 1. The first kappa shape index (κ1) is 16.4. The Morgan fingerprint density at radius 2 is 1.95 bits per heavy atom. The van der Waals surface area contributed by atoms with Crippen molar-refractivity contribution in [1.29, 1.82) is 0 Å². The van der Waals surface area contributed by atoms with E-state index in [0.29, 0.717) is 36.5 Å². The molecule has 0 bridgehead atoms. The first-order valence-electron chi connectivity index (χ1n) is 7.06. The molecule has 20 heavy (non-hydrogen) atoms. The fourth-order valence-electron chi connectivity index (χ4n) is 1.86. The van der Waals surface area contributed by atoms with Crippen LogP contribution in [0.5, 0.6) is 6.01 Å². The highest BCUT2D eigenvalue weighted by Gasteiger charge is 2.16.